The SMILES string of the molecule is Cc1ccc(NC(=O)[C@@H]2[C@@H]3C=C[C@]4(O3)[C@@H]2C(=O)N(C2CCCCCCC2)[C@H]4C(=O)NC2CCCCC2)cc1. The summed E-state index contributed by atoms with van der Waals surface area (Å²) in [6.45, 7) is 2.00. The molecule has 38 heavy (non-hydrogen) atoms. The summed E-state index contributed by atoms with van der Waals surface area (Å²) in [5.74, 6) is -1.75. The summed E-state index contributed by atoms with van der Waals surface area (Å²) in [6, 6.07) is 7.08. The molecule has 0 unspecified atom stereocenters. The van der Waals surface area contributed by atoms with E-state index in [1.165, 1.54) is 12.8 Å². The Hall–Kier alpha value is -2.67. The zero-order chi connectivity index (χ0) is 26.3. The van der Waals surface area contributed by atoms with Gasteiger partial charge in [-0.25, -0.2) is 0 Å². The molecule has 1 aromatic carbocycles. The lowest BCUT2D eigenvalue weighted by molar-refractivity contribution is -0.144. The largest absolute Gasteiger partial charge is 0.359 e. The molecule has 5 aliphatic rings. The first-order chi connectivity index (χ1) is 18.5. The van der Waals surface area contributed by atoms with E-state index in [1.54, 1.807) is 0 Å². The number of hydrogen-bond acceptors (Lipinski definition) is 4. The second-order valence-corrected chi connectivity index (χ2v) is 12.1. The first-order valence-electron chi connectivity index (χ1n) is 14.9. The van der Waals surface area contributed by atoms with Crippen LogP contribution in [0.5, 0.6) is 0 Å². The fourth-order valence-corrected chi connectivity index (χ4v) is 7.70. The molecule has 2 saturated heterocycles. The number of ether oxygens (including phenoxy) is 1. The van der Waals surface area contributed by atoms with E-state index < -0.39 is 29.6 Å². The molecule has 2 aliphatic carbocycles. The average Bonchev–Trinajstić information content (AvgIpc) is 3.53. The molecule has 7 heteroatoms. The number of carbonyl (C=O) groups is 3. The summed E-state index contributed by atoms with van der Waals surface area (Å²) in [5.41, 5.74) is 0.731. The average molecular weight is 520 g/mol. The molecule has 5 atom stereocenters. The Bertz CT molecular complexity index is 1090. The van der Waals surface area contributed by atoms with Crippen molar-refractivity contribution < 1.29 is 19.1 Å². The number of nitrogens with one attached hydrogen (secondary N) is 2. The molecule has 3 heterocycles. The highest BCUT2D eigenvalue weighted by Crippen LogP contribution is 2.56. The molecule has 2 saturated carbocycles. The molecule has 1 aromatic rings. The van der Waals surface area contributed by atoms with Gasteiger partial charge in [-0.1, -0.05) is 81.2 Å². The minimum atomic E-state index is -1.09. The zero-order valence-electron chi connectivity index (χ0n) is 22.5. The van der Waals surface area contributed by atoms with Gasteiger partial charge in [-0.3, -0.25) is 14.4 Å². The molecule has 4 fully saturated rings. The number of carbonyl (C=O) groups excluding carboxylic acids is 3. The van der Waals surface area contributed by atoms with Crippen molar-refractivity contribution in [2.24, 2.45) is 11.8 Å². The van der Waals surface area contributed by atoms with Crippen molar-refractivity contribution in [2.45, 2.75) is 114 Å². The van der Waals surface area contributed by atoms with Crippen molar-refractivity contribution in [3.63, 3.8) is 0 Å². The van der Waals surface area contributed by atoms with Crippen LogP contribution in [0.1, 0.15) is 82.6 Å². The first kappa shape index (κ1) is 25.6. The van der Waals surface area contributed by atoms with Crippen LogP contribution in [-0.4, -0.2) is 52.5 Å². The van der Waals surface area contributed by atoms with E-state index in [2.05, 4.69) is 10.6 Å². The molecular formula is C31H41N3O4. The fraction of sp³-hybridized carbons (Fsp3) is 0.645. The van der Waals surface area contributed by atoms with Gasteiger partial charge in [0.1, 0.15) is 11.6 Å². The number of benzene rings is 1. The molecule has 1 spiro atoms. The molecule has 3 amide bonds. The van der Waals surface area contributed by atoms with Crippen molar-refractivity contribution in [3.05, 3.63) is 42.0 Å². The number of nitrogens with zero attached hydrogens (tertiary/aromatic N) is 1. The van der Waals surface area contributed by atoms with Gasteiger partial charge in [0.25, 0.3) is 0 Å². The zero-order valence-corrected chi connectivity index (χ0v) is 22.5. The van der Waals surface area contributed by atoms with E-state index >= 15 is 0 Å². The van der Waals surface area contributed by atoms with E-state index in [0.717, 1.165) is 69.8 Å². The van der Waals surface area contributed by atoms with Gasteiger partial charge in [0.15, 0.2) is 0 Å². The smallest absolute Gasteiger partial charge is 0.246 e. The van der Waals surface area contributed by atoms with Crippen LogP contribution in [0, 0.1) is 18.8 Å². The van der Waals surface area contributed by atoms with Crippen LogP contribution in [0.2, 0.25) is 0 Å². The number of likely N-dealkylation sites (tertiary alicyclic amines) is 1. The third kappa shape index (κ3) is 4.47. The van der Waals surface area contributed by atoms with E-state index in [4.69, 9.17) is 4.74 Å². The van der Waals surface area contributed by atoms with Gasteiger partial charge in [-0.2, -0.15) is 0 Å². The number of aryl methyl sites for hydroxylation is 1. The van der Waals surface area contributed by atoms with E-state index in [1.807, 2.05) is 48.2 Å². The van der Waals surface area contributed by atoms with E-state index in [0.29, 0.717) is 5.69 Å². The minimum Gasteiger partial charge on any atom is -0.359 e. The van der Waals surface area contributed by atoms with Crippen molar-refractivity contribution in [1.29, 1.82) is 0 Å². The Balaban J connectivity index is 1.31. The lowest BCUT2D eigenvalue weighted by Crippen LogP contribution is -2.58. The highest BCUT2D eigenvalue weighted by atomic mass is 16.5. The van der Waals surface area contributed by atoms with Gasteiger partial charge in [0.2, 0.25) is 17.7 Å². The summed E-state index contributed by atoms with van der Waals surface area (Å²) >= 11 is 0. The topological polar surface area (TPSA) is 87.7 Å². The standard InChI is InChI=1S/C31H41N3O4/c1-20-14-16-22(17-15-20)32-28(35)25-24-18-19-31(38-24)26(25)30(37)34(23-12-8-3-2-4-9-13-23)27(31)29(36)33-21-10-6-5-7-11-21/h14-19,21,23-27H,2-13H2,1H3,(H,32,35)(H,33,36)/t24-,25+,26-,27-,31-/m0/s1. The molecule has 2 bridgehead atoms. The van der Waals surface area contributed by atoms with Crippen molar-refractivity contribution in [3.8, 4) is 0 Å². The molecule has 7 nitrogen and oxygen atoms in total. The van der Waals surface area contributed by atoms with Crippen LogP contribution in [0.3, 0.4) is 0 Å². The maximum atomic E-state index is 14.3. The Kier molecular flexibility index (Phi) is 7.06. The third-order valence-electron chi connectivity index (χ3n) is 9.60. The lowest BCUT2D eigenvalue weighted by Gasteiger charge is -2.38. The molecule has 6 rings (SSSR count). The molecule has 0 radical (unpaired) electrons. The summed E-state index contributed by atoms with van der Waals surface area (Å²) < 4.78 is 6.55. The van der Waals surface area contributed by atoms with Crippen molar-refractivity contribution in [1.82, 2.24) is 10.2 Å². The first-order valence-corrected chi connectivity index (χ1v) is 14.9. The van der Waals surface area contributed by atoms with Crippen LogP contribution >= 0.6 is 0 Å². The Labute approximate surface area is 225 Å². The molecule has 3 aliphatic heterocycles. The van der Waals surface area contributed by atoms with Crippen LogP contribution < -0.4 is 10.6 Å². The Morgan fingerprint density at radius 1 is 0.895 bits per heavy atom. The monoisotopic (exact) mass is 519 g/mol. The van der Waals surface area contributed by atoms with Gasteiger partial charge in [-0.05, 0) is 44.7 Å². The Morgan fingerprint density at radius 2 is 1.53 bits per heavy atom. The van der Waals surface area contributed by atoms with Crippen LogP contribution in [0.4, 0.5) is 5.69 Å². The molecule has 0 aromatic heterocycles. The van der Waals surface area contributed by atoms with Gasteiger partial charge >= 0.3 is 0 Å². The maximum absolute atomic E-state index is 14.3. The normalized spacial score (nSPS) is 33.6. The lowest BCUT2D eigenvalue weighted by atomic mass is 9.74. The van der Waals surface area contributed by atoms with Gasteiger partial charge < -0.3 is 20.3 Å². The summed E-state index contributed by atoms with van der Waals surface area (Å²) in [7, 11) is 0. The highest BCUT2D eigenvalue weighted by Gasteiger charge is 2.73. The summed E-state index contributed by atoms with van der Waals surface area (Å²) in [4.78, 5) is 43.9. The number of anilines is 1. The molecule has 2 N–H and O–H groups in total. The second kappa shape index (κ2) is 10.5. The fourth-order valence-electron chi connectivity index (χ4n) is 7.70. The Morgan fingerprint density at radius 3 is 2.24 bits per heavy atom. The quantitative estimate of drug-likeness (QED) is 0.555. The van der Waals surface area contributed by atoms with Crippen LogP contribution in [0.25, 0.3) is 0 Å². The highest BCUT2D eigenvalue weighted by molar-refractivity contribution is 6.03. The number of rotatable bonds is 5. The minimum absolute atomic E-state index is 0.00161. The van der Waals surface area contributed by atoms with E-state index in [-0.39, 0.29) is 29.8 Å². The van der Waals surface area contributed by atoms with Gasteiger partial charge in [0.05, 0.1) is 17.9 Å². The predicted molar refractivity (Wildman–Crippen MR) is 145 cm³/mol. The molecule has 204 valence electrons. The summed E-state index contributed by atoms with van der Waals surface area (Å²) in [6.07, 6.45) is 16.2. The van der Waals surface area contributed by atoms with Gasteiger partial charge in [0, 0.05) is 17.8 Å². The number of fused-ring (bicyclic) bond motifs is 1. The van der Waals surface area contributed by atoms with Crippen molar-refractivity contribution in [2.75, 3.05) is 5.32 Å². The predicted octanol–water partition coefficient (Wildman–Crippen LogP) is 4.65. The number of hydrogen-bond donors (Lipinski definition) is 2. The number of amides is 3. The maximum Gasteiger partial charge on any atom is 0.246 e. The second-order valence-electron chi connectivity index (χ2n) is 12.1. The van der Waals surface area contributed by atoms with Gasteiger partial charge in [-0.15, -0.1) is 0 Å². The summed E-state index contributed by atoms with van der Waals surface area (Å²) in [5, 5.41) is 6.33. The molecular weight excluding hydrogens is 478 g/mol. The van der Waals surface area contributed by atoms with Crippen LogP contribution in [0.15, 0.2) is 36.4 Å². The van der Waals surface area contributed by atoms with E-state index in [9.17, 15) is 14.4 Å². The van der Waals surface area contributed by atoms with Crippen LogP contribution in [-0.2, 0) is 19.1 Å². The third-order valence-corrected chi connectivity index (χ3v) is 9.60. The van der Waals surface area contributed by atoms with Crippen molar-refractivity contribution >= 4 is 23.4 Å².